The van der Waals surface area contributed by atoms with Crippen LogP contribution in [0.15, 0.2) is 24.3 Å². The number of nitrogen functional groups attached to an aromatic ring is 1. The van der Waals surface area contributed by atoms with Gasteiger partial charge in [0.2, 0.25) is 0 Å². The molecule has 1 aromatic carbocycles. The number of nitrogens with one attached hydrogen (secondary N) is 2. The van der Waals surface area contributed by atoms with Crippen molar-refractivity contribution in [2.45, 2.75) is 19.8 Å². The van der Waals surface area contributed by atoms with Crippen molar-refractivity contribution in [2.24, 2.45) is 0 Å². The molecule has 0 aliphatic heterocycles. The number of rotatable bonds is 4. The normalized spacial score (nSPS) is 9.67. The topological polar surface area (TPSA) is 67.2 Å². The summed E-state index contributed by atoms with van der Waals surface area (Å²) in [7, 11) is 0. The number of hydrogen-bond donors (Lipinski definition) is 3. The van der Waals surface area contributed by atoms with Gasteiger partial charge in [-0.05, 0) is 30.7 Å². The Bertz CT molecular complexity index is 308. The number of nitrogens with two attached hydrogens (primary N) is 1. The van der Waals surface area contributed by atoms with Gasteiger partial charge in [0.15, 0.2) is 0 Å². The van der Waals surface area contributed by atoms with E-state index < -0.39 is 0 Å². The van der Waals surface area contributed by atoms with Gasteiger partial charge in [-0.3, -0.25) is 0 Å². The van der Waals surface area contributed by atoms with Crippen LogP contribution in [0.25, 0.3) is 0 Å². The van der Waals surface area contributed by atoms with E-state index in [1.165, 1.54) is 0 Å². The summed E-state index contributed by atoms with van der Waals surface area (Å²) in [4.78, 5) is 11.3. The van der Waals surface area contributed by atoms with Crippen LogP contribution in [0.3, 0.4) is 0 Å². The highest BCUT2D eigenvalue weighted by Gasteiger charge is 1.99. The molecule has 0 fully saturated rings. The van der Waals surface area contributed by atoms with Crippen LogP contribution in [0.2, 0.25) is 0 Å². The summed E-state index contributed by atoms with van der Waals surface area (Å²) in [6.07, 6.45) is 2.07. The Balaban J connectivity index is 2.34. The molecule has 0 saturated carbocycles. The minimum Gasteiger partial charge on any atom is -0.399 e. The number of carbonyl (C=O) groups excluding carboxylic acids is 1. The Morgan fingerprint density at radius 3 is 2.60 bits per heavy atom. The molecule has 0 aliphatic carbocycles. The average Bonchev–Trinajstić information content (AvgIpc) is 2.22. The molecule has 0 aliphatic rings. The molecule has 0 radical (unpaired) electrons. The second kappa shape index (κ2) is 5.90. The molecule has 1 aromatic rings. The molecule has 0 unspecified atom stereocenters. The number of urea groups is 1. The Morgan fingerprint density at radius 1 is 1.33 bits per heavy atom. The molecule has 0 spiro atoms. The Morgan fingerprint density at radius 2 is 2.00 bits per heavy atom. The van der Waals surface area contributed by atoms with E-state index in [1.807, 2.05) is 0 Å². The van der Waals surface area contributed by atoms with E-state index in [4.69, 9.17) is 5.73 Å². The highest BCUT2D eigenvalue weighted by Crippen LogP contribution is 2.09. The first-order valence-corrected chi connectivity index (χ1v) is 5.12. The highest BCUT2D eigenvalue weighted by atomic mass is 16.2. The molecule has 4 N–H and O–H groups in total. The lowest BCUT2D eigenvalue weighted by Gasteiger charge is -2.06. The summed E-state index contributed by atoms with van der Waals surface area (Å²) in [6, 6.07) is 6.88. The summed E-state index contributed by atoms with van der Waals surface area (Å²) in [5.74, 6) is 0. The maximum Gasteiger partial charge on any atom is 0.319 e. The van der Waals surface area contributed by atoms with Gasteiger partial charge in [-0.1, -0.05) is 13.3 Å². The number of anilines is 2. The second-order valence-electron chi connectivity index (χ2n) is 3.36. The third-order valence-electron chi connectivity index (χ3n) is 1.98. The second-order valence-corrected chi connectivity index (χ2v) is 3.36. The first kappa shape index (κ1) is 11.4. The quantitative estimate of drug-likeness (QED) is 0.523. The highest BCUT2D eigenvalue weighted by molar-refractivity contribution is 5.89. The largest absolute Gasteiger partial charge is 0.399 e. The third-order valence-corrected chi connectivity index (χ3v) is 1.98. The smallest absolute Gasteiger partial charge is 0.319 e. The molecule has 2 amide bonds. The van der Waals surface area contributed by atoms with E-state index in [2.05, 4.69) is 17.6 Å². The van der Waals surface area contributed by atoms with Crippen LogP contribution in [0.1, 0.15) is 19.8 Å². The van der Waals surface area contributed by atoms with Crippen molar-refractivity contribution in [3.05, 3.63) is 24.3 Å². The van der Waals surface area contributed by atoms with Crippen molar-refractivity contribution in [3.63, 3.8) is 0 Å². The van der Waals surface area contributed by atoms with Gasteiger partial charge in [-0.2, -0.15) is 0 Å². The van der Waals surface area contributed by atoms with Crippen LogP contribution in [0.5, 0.6) is 0 Å². The van der Waals surface area contributed by atoms with Crippen molar-refractivity contribution in [3.8, 4) is 0 Å². The number of hydrogen-bond acceptors (Lipinski definition) is 2. The lowest BCUT2D eigenvalue weighted by molar-refractivity contribution is 0.252. The summed E-state index contributed by atoms with van der Waals surface area (Å²) < 4.78 is 0. The molecule has 82 valence electrons. The van der Waals surface area contributed by atoms with E-state index in [1.54, 1.807) is 24.3 Å². The van der Waals surface area contributed by atoms with Gasteiger partial charge in [0.25, 0.3) is 0 Å². The Labute approximate surface area is 89.9 Å². The molecular formula is C11H17N3O. The monoisotopic (exact) mass is 207 g/mol. The molecule has 0 atom stereocenters. The first-order valence-electron chi connectivity index (χ1n) is 5.12. The van der Waals surface area contributed by atoms with Gasteiger partial charge in [0, 0.05) is 17.9 Å². The van der Waals surface area contributed by atoms with Gasteiger partial charge in [0.05, 0.1) is 0 Å². The van der Waals surface area contributed by atoms with E-state index in [0.717, 1.165) is 18.5 Å². The van der Waals surface area contributed by atoms with Crippen LogP contribution >= 0.6 is 0 Å². The maximum absolute atomic E-state index is 11.3. The van der Waals surface area contributed by atoms with Gasteiger partial charge in [-0.25, -0.2) is 4.79 Å². The lowest BCUT2D eigenvalue weighted by Crippen LogP contribution is -2.29. The summed E-state index contributed by atoms with van der Waals surface area (Å²) >= 11 is 0. The van der Waals surface area contributed by atoms with Gasteiger partial charge >= 0.3 is 6.03 Å². The van der Waals surface area contributed by atoms with Crippen LogP contribution in [-0.2, 0) is 0 Å². The van der Waals surface area contributed by atoms with Crippen molar-refractivity contribution in [2.75, 3.05) is 17.6 Å². The van der Waals surface area contributed by atoms with Crippen LogP contribution in [0.4, 0.5) is 16.2 Å². The van der Waals surface area contributed by atoms with Crippen molar-refractivity contribution in [1.29, 1.82) is 0 Å². The standard InChI is InChI=1S/C11H17N3O/c1-2-3-8-13-11(15)14-10-6-4-9(12)5-7-10/h4-7H,2-3,8,12H2,1H3,(H2,13,14,15). The Hall–Kier alpha value is -1.71. The van der Waals surface area contributed by atoms with E-state index >= 15 is 0 Å². The predicted octanol–water partition coefficient (Wildman–Crippen LogP) is 2.19. The summed E-state index contributed by atoms with van der Waals surface area (Å²) in [5, 5.41) is 5.49. The molecule has 0 saturated heterocycles. The fourth-order valence-corrected chi connectivity index (χ4v) is 1.12. The average molecular weight is 207 g/mol. The van der Waals surface area contributed by atoms with Crippen LogP contribution in [0, 0.1) is 0 Å². The SMILES string of the molecule is CCCCNC(=O)Nc1ccc(N)cc1. The summed E-state index contributed by atoms with van der Waals surface area (Å²) in [5.41, 5.74) is 6.96. The Kier molecular flexibility index (Phi) is 4.47. The minimum absolute atomic E-state index is 0.173. The minimum atomic E-state index is -0.173. The zero-order valence-electron chi connectivity index (χ0n) is 8.92. The first-order chi connectivity index (χ1) is 7.22. The zero-order chi connectivity index (χ0) is 11.1. The fraction of sp³-hybridized carbons (Fsp3) is 0.364. The third kappa shape index (κ3) is 4.35. The lowest BCUT2D eigenvalue weighted by atomic mass is 10.3. The molecule has 0 aromatic heterocycles. The number of unbranched alkanes of at least 4 members (excludes halogenated alkanes) is 1. The van der Waals surface area contributed by atoms with E-state index in [0.29, 0.717) is 12.2 Å². The van der Waals surface area contributed by atoms with Crippen molar-refractivity contribution < 1.29 is 4.79 Å². The van der Waals surface area contributed by atoms with E-state index in [-0.39, 0.29) is 6.03 Å². The number of benzene rings is 1. The summed E-state index contributed by atoms with van der Waals surface area (Å²) in [6.45, 7) is 2.79. The predicted molar refractivity (Wildman–Crippen MR) is 62.8 cm³/mol. The van der Waals surface area contributed by atoms with Crippen molar-refractivity contribution >= 4 is 17.4 Å². The molecule has 15 heavy (non-hydrogen) atoms. The molecule has 0 heterocycles. The number of carbonyl (C=O) groups is 1. The molecule has 4 nitrogen and oxygen atoms in total. The fourth-order valence-electron chi connectivity index (χ4n) is 1.12. The van der Waals surface area contributed by atoms with Gasteiger partial charge in [0.1, 0.15) is 0 Å². The number of amides is 2. The maximum atomic E-state index is 11.3. The van der Waals surface area contributed by atoms with Crippen molar-refractivity contribution in [1.82, 2.24) is 5.32 Å². The molecule has 4 heteroatoms. The van der Waals surface area contributed by atoms with Crippen LogP contribution in [-0.4, -0.2) is 12.6 Å². The molecular weight excluding hydrogens is 190 g/mol. The molecule has 0 bridgehead atoms. The zero-order valence-corrected chi connectivity index (χ0v) is 8.92. The van der Waals surface area contributed by atoms with E-state index in [9.17, 15) is 4.79 Å². The van der Waals surface area contributed by atoms with Crippen LogP contribution < -0.4 is 16.4 Å². The van der Waals surface area contributed by atoms with Gasteiger partial charge < -0.3 is 16.4 Å². The molecule has 1 rings (SSSR count). The van der Waals surface area contributed by atoms with Gasteiger partial charge in [-0.15, -0.1) is 0 Å².